The molecular weight excluding hydrogens is 187 g/mol. The van der Waals surface area contributed by atoms with Crippen LogP contribution in [0.1, 0.15) is 5.69 Å². The van der Waals surface area contributed by atoms with Crippen molar-refractivity contribution in [3.63, 3.8) is 0 Å². The Balaban J connectivity index is 0. The normalized spacial score (nSPS) is 8.18. The number of hydrogen-bond acceptors (Lipinski definition) is 3. The molecule has 0 radical (unpaired) electrons. The molecule has 0 aliphatic rings. The van der Waals surface area contributed by atoms with Crippen LogP contribution in [-0.2, 0) is 13.6 Å². The second kappa shape index (κ2) is 6.42. The summed E-state index contributed by atoms with van der Waals surface area (Å²) >= 11 is 0. The van der Waals surface area contributed by atoms with Gasteiger partial charge in [-0.05, 0) is 0 Å². The zero-order chi connectivity index (χ0) is 6.69. The SMILES string of the molecule is Cl.Cl.Cn1cncc1CNN. The largest absolute Gasteiger partial charge is 0.337 e. The van der Waals surface area contributed by atoms with Crippen molar-refractivity contribution < 1.29 is 0 Å². The molecule has 0 saturated carbocycles. The van der Waals surface area contributed by atoms with Crippen molar-refractivity contribution in [3.05, 3.63) is 18.2 Å². The Morgan fingerprint density at radius 1 is 1.64 bits per heavy atom. The van der Waals surface area contributed by atoms with Gasteiger partial charge in [-0.3, -0.25) is 11.3 Å². The number of hydrazine groups is 1. The van der Waals surface area contributed by atoms with Crippen LogP contribution in [0.3, 0.4) is 0 Å². The van der Waals surface area contributed by atoms with Gasteiger partial charge in [-0.1, -0.05) is 0 Å². The fourth-order valence-electron chi connectivity index (χ4n) is 0.660. The highest BCUT2D eigenvalue weighted by Gasteiger charge is 1.92. The topological polar surface area (TPSA) is 55.9 Å². The molecule has 1 heterocycles. The van der Waals surface area contributed by atoms with Gasteiger partial charge in [0.2, 0.25) is 0 Å². The Hall–Kier alpha value is -0.290. The molecule has 6 heteroatoms. The maximum Gasteiger partial charge on any atom is 0.0945 e. The summed E-state index contributed by atoms with van der Waals surface area (Å²) in [6, 6.07) is 0. The monoisotopic (exact) mass is 198 g/mol. The summed E-state index contributed by atoms with van der Waals surface area (Å²) in [5.41, 5.74) is 3.63. The number of halogens is 2. The standard InChI is InChI=1S/C5H10N4.2ClH/c1-9-4-7-2-5(9)3-8-6;;/h2,4,8H,3,6H2,1H3;2*1H. The first-order valence-electron chi connectivity index (χ1n) is 2.73. The summed E-state index contributed by atoms with van der Waals surface area (Å²) in [7, 11) is 1.93. The van der Waals surface area contributed by atoms with Gasteiger partial charge in [-0.25, -0.2) is 4.98 Å². The van der Waals surface area contributed by atoms with Crippen LogP contribution in [0.5, 0.6) is 0 Å². The average Bonchev–Trinajstić information content (AvgIpc) is 2.18. The van der Waals surface area contributed by atoms with E-state index in [1.54, 1.807) is 12.5 Å². The van der Waals surface area contributed by atoms with Gasteiger partial charge < -0.3 is 4.57 Å². The summed E-state index contributed by atoms with van der Waals surface area (Å²) in [5, 5.41) is 0. The third-order valence-corrected chi connectivity index (χ3v) is 1.20. The van der Waals surface area contributed by atoms with Crippen molar-refractivity contribution in [1.29, 1.82) is 0 Å². The van der Waals surface area contributed by atoms with Crippen LogP contribution < -0.4 is 11.3 Å². The van der Waals surface area contributed by atoms with Crippen molar-refractivity contribution in [2.45, 2.75) is 6.54 Å². The molecule has 1 rings (SSSR count). The third kappa shape index (κ3) is 3.57. The minimum atomic E-state index is 0. The second-order valence-corrected chi connectivity index (χ2v) is 1.88. The van der Waals surface area contributed by atoms with E-state index in [0.29, 0.717) is 6.54 Å². The van der Waals surface area contributed by atoms with Crippen LogP contribution in [0.2, 0.25) is 0 Å². The second-order valence-electron chi connectivity index (χ2n) is 1.88. The van der Waals surface area contributed by atoms with Crippen LogP contribution in [0, 0.1) is 0 Å². The molecule has 0 saturated heterocycles. The van der Waals surface area contributed by atoms with Crippen LogP contribution >= 0.6 is 24.8 Å². The molecule has 0 aliphatic carbocycles. The number of hydrogen-bond donors (Lipinski definition) is 2. The van der Waals surface area contributed by atoms with E-state index >= 15 is 0 Å². The van der Waals surface area contributed by atoms with Crippen molar-refractivity contribution in [1.82, 2.24) is 15.0 Å². The minimum Gasteiger partial charge on any atom is -0.337 e. The number of aryl methyl sites for hydroxylation is 1. The van der Waals surface area contributed by atoms with Gasteiger partial charge in [0.15, 0.2) is 0 Å². The van der Waals surface area contributed by atoms with Gasteiger partial charge >= 0.3 is 0 Å². The van der Waals surface area contributed by atoms with Gasteiger partial charge in [-0.2, -0.15) is 0 Å². The Bertz CT molecular complexity index is 188. The smallest absolute Gasteiger partial charge is 0.0945 e. The van der Waals surface area contributed by atoms with E-state index in [1.165, 1.54) is 0 Å². The van der Waals surface area contributed by atoms with E-state index in [2.05, 4.69) is 10.4 Å². The molecule has 0 spiro atoms. The average molecular weight is 199 g/mol. The maximum absolute atomic E-state index is 5.10. The summed E-state index contributed by atoms with van der Waals surface area (Å²) in [6.45, 7) is 0.663. The zero-order valence-corrected chi connectivity index (χ0v) is 7.78. The summed E-state index contributed by atoms with van der Waals surface area (Å²) < 4.78 is 1.92. The predicted molar refractivity (Wildman–Crippen MR) is 48.7 cm³/mol. The first-order valence-corrected chi connectivity index (χ1v) is 2.73. The van der Waals surface area contributed by atoms with Crippen LogP contribution in [-0.4, -0.2) is 9.55 Å². The Morgan fingerprint density at radius 2 is 2.27 bits per heavy atom. The number of nitrogens with one attached hydrogen (secondary N) is 1. The number of rotatable bonds is 2. The molecule has 4 nitrogen and oxygen atoms in total. The molecule has 0 amide bonds. The van der Waals surface area contributed by atoms with E-state index in [1.807, 2.05) is 11.6 Å². The highest BCUT2D eigenvalue weighted by Crippen LogP contribution is 1.92. The number of aromatic nitrogens is 2. The fourth-order valence-corrected chi connectivity index (χ4v) is 0.660. The molecule has 0 atom stereocenters. The van der Waals surface area contributed by atoms with E-state index in [0.717, 1.165) is 5.69 Å². The lowest BCUT2D eigenvalue weighted by Crippen LogP contribution is -2.22. The number of nitrogens with zero attached hydrogens (tertiary/aromatic N) is 2. The number of nitrogens with two attached hydrogens (primary N) is 1. The lowest BCUT2D eigenvalue weighted by Gasteiger charge is -1.97. The first-order chi connectivity index (χ1) is 4.34. The summed E-state index contributed by atoms with van der Waals surface area (Å²) in [4.78, 5) is 3.91. The first kappa shape index (κ1) is 13.3. The third-order valence-electron chi connectivity index (χ3n) is 1.20. The molecule has 0 aromatic carbocycles. The van der Waals surface area contributed by atoms with Gasteiger partial charge in [-0.15, -0.1) is 24.8 Å². The van der Waals surface area contributed by atoms with Crippen molar-refractivity contribution in [2.24, 2.45) is 12.9 Å². The molecule has 0 bridgehead atoms. The molecule has 11 heavy (non-hydrogen) atoms. The van der Waals surface area contributed by atoms with Crippen LogP contribution in [0.15, 0.2) is 12.5 Å². The van der Waals surface area contributed by atoms with E-state index < -0.39 is 0 Å². The van der Waals surface area contributed by atoms with Gasteiger partial charge in [0, 0.05) is 13.2 Å². The Labute approximate surface area is 78.0 Å². The maximum atomic E-state index is 5.10. The Kier molecular flexibility index (Phi) is 7.77. The molecule has 1 aromatic rings. The fraction of sp³-hybridized carbons (Fsp3) is 0.400. The summed E-state index contributed by atoms with van der Waals surface area (Å²) in [5.74, 6) is 5.10. The van der Waals surface area contributed by atoms with Crippen molar-refractivity contribution in [2.75, 3.05) is 0 Å². The Morgan fingerprint density at radius 3 is 2.64 bits per heavy atom. The number of imidazole rings is 1. The molecule has 0 unspecified atom stereocenters. The van der Waals surface area contributed by atoms with E-state index in [-0.39, 0.29) is 24.8 Å². The van der Waals surface area contributed by atoms with Gasteiger partial charge in [0.25, 0.3) is 0 Å². The molecule has 1 aromatic heterocycles. The molecule has 0 aliphatic heterocycles. The predicted octanol–water partition coefficient (Wildman–Crippen LogP) is 0.227. The van der Waals surface area contributed by atoms with Crippen molar-refractivity contribution in [3.8, 4) is 0 Å². The molecule has 3 N–H and O–H groups in total. The minimum absolute atomic E-state index is 0. The van der Waals surface area contributed by atoms with Gasteiger partial charge in [0.05, 0.1) is 18.6 Å². The molecular formula is C5H12Cl2N4. The highest BCUT2D eigenvalue weighted by atomic mass is 35.5. The van der Waals surface area contributed by atoms with Gasteiger partial charge in [0.1, 0.15) is 0 Å². The molecule has 0 fully saturated rings. The summed E-state index contributed by atoms with van der Waals surface area (Å²) in [6.07, 6.45) is 3.52. The lowest BCUT2D eigenvalue weighted by molar-refractivity contribution is 0.688. The van der Waals surface area contributed by atoms with Crippen LogP contribution in [0.25, 0.3) is 0 Å². The highest BCUT2D eigenvalue weighted by molar-refractivity contribution is 5.85. The van der Waals surface area contributed by atoms with E-state index in [9.17, 15) is 0 Å². The quantitative estimate of drug-likeness (QED) is 0.529. The van der Waals surface area contributed by atoms with Crippen LogP contribution in [0.4, 0.5) is 0 Å². The lowest BCUT2D eigenvalue weighted by atomic mass is 10.5. The van der Waals surface area contributed by atoms with E-state index in [4.69, 9.17) is 5.84 Å². The molecule has 66 valence electrons. The zero-order valence-electron chi connectivity index (χ0n) is 6.15. The van der Waals surface area contributed by atoms with Crippen molar-refractivity contribution >= 4 is 24.8 Å².